The van der Waals surface area contributed by atoms with Crippen LogP contribution in [-0.2, 0) is 17.8 Å². The third kappa shape index (κ3) is 3.25. The average molecular weight is 420 g/mol. The van der Waals surface area contributed by atoms with Gasteiger partial charge in [0.25, 0.3) is 5.91 Å². The van der Waals surface area contributed by atoms with Crippen LogP contribution in [0.15, 0.2) is 47.1 Å². The number of anilines is 1. The number of aryl methyl sites for hydroxylation is 1. The molecular formula is C25H29N3O3. The lowest BCUT2D eigenvalue weighted by molar-refractivity contribution is -0.127. The maximum atomic E-state index is 13.7. The second kappa shape index (κ2) is 7.59. The van der Waals surface area contributed by atoms with Gasteiger partial charge < -0.3 is 14.3 Å². The van der Waals surface area contributed by atoms with Crippen molar-refractivity contribution in [3.63, 3.8) is 0 Å². The number of hydrogen-bond acceptors (Lipinski definition) is 3. The summed E-state index contributed by atoms with van der Waals surface area (Å²) >= 11 is 0. The quantitative estimate of drug-likeness (QED) is 0.669. The van der Waals surface area contributed by atoms with Crippen LogP contribution < -0.4 is 10.2 Å². The Hall–Kier alpha value is -3.02. The van der Waals surface area contributed by atoms with Gasteiger partial charge in [-0.05, 0) is 43.9 Å². The Morgan fingerprint density at radius 1 is 1.16 bits per heavy atom. The normalized spacial score (nSPS) is 22.0. The average Bonchev–Trinajstić information content (AvgIpc) is 3.37. The van der Waals surface area contributed by atoms with Crippen LogP contribution in [0.25, 0.3) is 11.1 Å². The first-order chi connectivity index (χ1) is 15.0. The Morgan fingerprint density at radius 3 is 2.61 bits per heavy atom. The van der Waals surface area contributed by atoms with Crippen LogP contribution in [0.3, 0.4) is 0 Å². The molecule has 6 nitrogen and oxygen atoms in total. The number of fused-ring (bicyclic) bond motifs is 3. The van der Waals surface area contributed by atoms with Gasteiger partial charge in [-0.25, -0.2) is 0 Å². The van der Waals surface area contributed by atoms with Crippen molar-refractivity contribution in [1.29, 1.82) is 0 Å². The van der Waals surface area contributed by atoms with E-state index in [1.807, 2.05) is 41.8 Å². The highest BCUT2D eigenvalue weighted by atomic mass is 16.3. The van der Waals surface area contributed by atoms with Gasteiger partial charge in [-0.2, -0.15) is 0 Å². The van der Waals surface area contributed by atoms with Gasteiger partial charge in [0, 0.05) is 23.9 Å². The van der Waals surface area contributed by atoms with E-state index in [1.54, 1.807) is 17.2 Å². The first-order valence-electron chi connectivity index (χ1n) is 11.3. The van der Waals surface area contributed by atoms with Crippen molar-refractivity contribution in [3.05, 3.63) is 53.9 Å². The predicted octanol–water partition coefficient (Wildman–Crippen LogP) is 4.66. The molecule has 0 radical (unpaired) electrons. The van der Waals surface area contributed by atoms with E-state index in [0.717, 1.165) is 43.3 Å². The first kappa shape index (κ1) is 19.9. The Labute approximate surface area is 182 Å². The molecule has 0 saturated heterocycles. The van der Waals surface area contributed by atoms with Crippen LogP contribution in [0.5, 0.6) is 0 Å². The summed E-state index contributed by atoms with van der Waals surface area (Å²) in [5.74, 6) is -0.272. The number of rotatable bonds is 4. The number of furan rings is 1. The van der Waals surface area contributed by atoms with Crippen molar-refractivity contribution in [2.24, 2.45) is 0 Å². The lowest BCUT2D eigenvalue weighted by Crippen LogP contribution is -2.65. The van der Waals surface area contributed by atoms with Crippen molar-refractivity contribution in [2.75, 3.05) is 4.90 Å². The molecule has 1 N–H and O–H groups in total. The number of amides is 2. The third-order valence-corrected chi connectivity index (χ3v) is 6.94. The molecule has 0 spiro atoms. The van der Waals surface area contributed by atoms with Gasteiger partial charge >= 0.3 is 0 Å². The van der Waals surface area contributed by atoms with Crippen molar-refractivity contribution in [2.45, 2.75) is 70.5 Å². The van der Waals surface area contributed by atoms with Crippen molar-refractivity contribution in [3.8, 4) is 0 Å². The Balaban J connectivity index is 1.58. The minimum atomic E-state index is -1.04. The highest BCUT2D eigenvalue weighted by Gasteiger charge is 2.49. The van der Waals surface area contributed by atoms with E-state index in [-0.39, 0.29) is 17.9 Å². The zero-order chi connectivity index (χ0) is 21.6. The second-order valence-corrected chi connectivity index (χ2v) is 9.03. The maximum Gasteiger partial charge on any atom is 0.276 e. The Kier molecular flexibility index (Phi) is 4.88. The van der Waals surface area contributed by atoms with Gasteiger partial charge in [0.1, 0.15) is 11.2 Å². The van der Waals surface area contributed by atoms with Gasteiger partial charge in [0.2, 0.25) is 5.91 Å². The zero-order valence-electron chi connectivity index (χ0n) is 18.2. The fourth-order valence-electron chi connectivity index (χ4n) is 5.09. The molecule has 1 fully saturated rings. The van der Waals surface area contributed by atoms with Crippen molar-refractivity contribution >= 4 is 28.6 Å². The van der Waals surface area contributed by atoms with Crippen LogP contribution in [0, 0.1) is 0 Å². The van der Waals surface area contributed by atoms with Gasteiger partial charge in [-0.15, -0.1) is 0 Å². The molecule has 2 aliphatic rings. The molecule has 1 saturated carbocycles. The van der Waals surface area contributed by atoms with E-state index in [1.165, 1.54) is 12.0 Å². The Bertz CT molecular complexity index is 1120. The zero-order valence-corrected chi connectivity index (χ0v) is 18.2. The smallest absolute Gasteiger partial charge is 0.276 e. The van der Waals surface area contributed by atoms with Crippen LogP contribution in [0.4, 0.5) is 5.69 Å². The lowest BCUT2D eigenvalue weighted by Gasteiger charge is -2.44. The maximum absolute atomic E-state index is 13.7. The van der Waals surface area contributed by atoms with E-state index in [4.69, 9.17) is 4.42 Å². The fourth-order valence-corrected chi connectivity index (χ4v) is 5.09. The van der Waals surface area contributed by atoms with E-state index in [2.05, 4.69) is 12.2 Å². The molecule has 31 heavy (non-hydrogen) atoms. The molecule has 0 bridgehead atoms. The van der Waals surface area contributed by atoms with Crippen LogP contribution in [-0.4, -0.2) is 28.0 Å². The topological polar surface area (TPSA) is 67.5 Å². The molecule has 2 aromatic heterocycles. The predicted molar refractivity (Wildman–Crippen MR) is 120 cm³/mol. The molecule has 5 rings (SSSR count). The molecule has 0 unspecified atom stereocenters. The minimum absolute atomic E-state index is 0.0942. The van der Waals surface area contributed by atoms with Crippen molar-refractivity contribution < 1.29 is 14.0 Å². The number of carbonyl (C=O) groups excluding carboxylic acids is 2. The summed E-state index contributed by atoms with van der Waals surface area (Å²) in [6.07, 6.45) is 8.05. The standard InChI is InChI=1S/C25H29N3O3/c1-3-17-9-11-19(12-10-17)28-23(29)21-15-22-20(13-14-31-22)27(21)16-25(28,2)24(30)26-18-7-5-4-6-8-18/h9-15,18H,3-8,16H2,1-2H3,(H,26,30)/t25-/m0/s1. The molecule has 3 heterocycles. The fraction of sp³-hybridized carbons (Fsp3) is 0.440. The number of aromatic nitrogens is 1. The number of hydrogen-bond donors (Lipinski definition) is 1. The summed E-state index contributed by atoms with van der Waals surface area (Å²) in [6, 6.07) is 11.8. The van der Waals surface area contributed by atoms with E-state index in [0.29, 0.717) is 17.8 Å². The molecule has 1 aliphatic carbocycles. The molecule has 1 aliphatic heterocycles. The summed E-state index contributed by atoms with van der Waals surface area (Å²) in [7, 11) is 0. The van der Waals surface area contributed by atoms with Crippen LogP contribution >= 0.6 is 0 Å². The monoisotopic (exact) mass is 419 g/mol. The summed E-state index contributed by atoms with van der Waals surface area (Å²) in [5.41, 5.74) is 2.97. The highest BCUT2D eigenvalue weighted by molar-refractivity contribution is 6.13. The number of nitrogens with zero attached hydrogens (tertiary/aromatic N) is 2. The molecule has 1 aromatic carbocycles. The largest absolute Gasteiger partial charge is 0.463 e. The molecular weight excluding hydrogens is 390 g/mol. The summed E-state index contributed by atoms with van der Waals surface area (Å²) in [6.45, 7) is 4.36. The van der Waals surface area contributed by atoms with Crippen molar-refractivity contribution in [1.82, 2.24) is 9.88 Å². The van der Waals surface area contributed by atoms with Crippen LogP contribution in [0.2, 0.25) is 0 Å². The van der Waals surface area contributed by atoms with E-state index in [9.17, 15) is 9.59 Å². The van der Waals surface area contributed by atoms with Gasteiger partial charge in [-0.3, -0.25) is 14.5 Å². The van der Waals surface area contributed by atoms with E-state index >= 15 is 0 Å². The molecule has 2 amide bonds. The van der Waals surface area contributed by atoms with Gasteiger partial charge in [0.15, 0.2) is 5.58 Å². The Morgan fingerprint density at radius 2 is 1.90 bits per heavy atom. The highest BCUT2D eigenvalue weighted by Crippen LogP contribution is 2.36. The van der Waals surface area contributed by atoms with Gasteiger partial charge in [-0.1, -0.05) is 38.3 Å². The SMILES string of the molecule is CCc1ccc(N2C(=O)c3cc4occc4n3C[C@@]2(C)C(=O)NC2CCCCC2)cc1. The second-order valence-electron chi connectivity index (χ2n) is 9.03. The number of carbonyl (C=O) groups is 2. The summed E-state index contributed by atoms with van der Waals surface area (Å²) in [4.78, 5) is 29.1. The summed E-state index contributed by atoms with van der Waals surface area (Å²) < 4.78 is 7.48. The minimum Gasteiger partial charge on any atom is -0.463 e. The summed E-state index contributed by atoms with van der Waals surface area (Å²) in [5, 5.41) is 3.27. The molecule has 162 valence electrons. The van der Waals surface area contributed by atoms with Gasteiger partial charge in [0.05, 0.1) is 18.3 Å². The number of nitrogens with one attached hydrogen (secondary N) is 1. The first-order valence-corrected chi connectivity index (χ1v) is 11.3. The lowest BCUT2D eigenvalue weighted by atomic mass is 9.91. The molecule has 6 heteroatoms. The molecule has 3 aromatic rings. The molecule has 1 atom stereocenters. The number of benzene rings is 1. The van der Waals surface area contributed by atoms with Crippen LogP contribution in [0.1, 0.15) is 62.0 Å². The third-order valence-electron chi connectivity index (χ3n) is 6.94. The van der Waals surface area contributed by atoms with E-state index < -0.39 is 5.54 Å².